The van der Waals surface area contributed by atoms with Gasteiger partial charge in [-0.3, -0.25) is 4.79 Å². The summed E-state index contributed by atoms with van der Waals surface area (Å²) in [5.41, 5.74) is 0.0797. The van der Waals surface area contributed by atoms with E-state index >= 15 is 0 Å². The highest BCUT2D eigenvalue weighted by molar-refractivity contribution is 7.13. The van der Waals surface area contributed by atoms with Crippen molar-refractivity contribution in [1.82, 2.24) is 10.3 Å². The molecule has 0 aromatic carbocycles. The number of carboxylic acid groups (broad SMARTS) is 1. The van der Waals surface area contributed by atoms with E-state index in [2.05, 4.69) is 10.3 Å². The summed E-state index contributed by atoms with van der Waals surface area (Å²) in [5.74, 6) is -1.44. The van der Waals surface area contributed by atoms with Crippen LogP contribution in [0, 0.1) is 0 Å². The summed E-state index contributed by atoms with van der Waals surface area (Å²) in [5, 5.41) is 21.7. The van der Waals surface area contributed by atoms with Crippen LogP contribution in [-0.2, 0) is 4.79 Å². The van der Waals surface area contributed by atoms with Crippen LogP contribution in [0.25, 0.3) is 10.8 Å². The maximum Gasteiger partial charge on any atom is 0.328 e. The Morgan fingerprint density at radius 3 is 2.89 bits per heavy atom. The van der Waals surface area contributed by atoms with E-state index in [-0.39, 0.29) is 5.69 Å². The molecule has 3 N–H and O–H groups in total. The SMILES string of the molecule is O=C(N[C@@H](CO)C(=O)O)c1csc(-c2ccco2)n1. The molecule has 0 radical (unpaired) electrons. The molecule has 2 aromatic heterocycles. The summed E-state index contributed by atoms with van der Waals surface area (Å²) in [6.45, 7) is -0.684. The van der Waals surface area contributed by atoms with Crippen molar-refractivity contribution in [3.05, 3.63) is 29.5 Å². The number of amides is 1. The van der Waals surface area contributed by atoms with E-state index in [1.807, 2.05) is 0 Å². The molecule has 0 fully saturated rings. The van der Waals surface area contributed by atoms with Crippen LogP contribution in [0.1, 0.15) is 10.5 Å². The van der Waals surface area contributed by atoms with Crippen molar-refractivity contribution in [2.24, 2.45) is 0 Å². The van der Waals surface area contributed by atoms with E-state index in [4.69, 9.17) is 14.6 Å². The fourth-order valence-corrected chi connectivity index (χ4v) is 2.08. The molecule has 0 aliphatic rings. The van der Waals surface area contributed by atoms with E-state index in [0.29, 0.717) is 10.8 Å². The second-order valence-electron chi connectivity index (χ2n) is 3.56. The number of hydrogen-bond acceptors (Lipinski definition) is 6. The van der Waals surface area contributed by atoms with Crippen molar-refractivity contribution in [1.29, 1.82) is 0 Å². The van der Waals surface area contributed by atoms with Crippen LogP contribution in [0.5, 0.6) is 0 Å². The highest BCUT2D eigenvalue weighted by Gasteiger charge is 2.21. The van der Waals surface area contributed by atoms with Gasteiger partial charge in [-0.15, -0.1) is 11.3 Å². The average molecular weight is 282 g/mol. The Morgan fingerprint density at radius 1 is 1.53 bits per heavy atom. The number of nitrogens with zero attached hydrogens (tertiary/aromatic N) is 1. The smallest absolute Gasteiger partial charge is 0.328 e. The molecule has 0 aliphatic carbocycles. The number of nitrogens with one attached hydrogen (secondary N) is 1. The number of carboxylic acids is 1. The van der Waals surface area contributed by atoms with Gasteiger partial charge in [0.25, 0.3) is 5.91 Å². The topological polar surface area (TPSA) is 113 Å². The summed E-state index contributed by atoms with van der Waals surface area (Å²) in [7, 11) is 0. The largest absolute Gasteiger partial charge is 0.480 e. The molecule has 1 amide bonds. The number of hydrogen-bond donors (Lipinski definition) is 3. The minimum atomic E-state index is -1.35. The van der Waals surface area contributed by atoms with Crippen LogP contribution < -0.4 is 5.32 Å². The molecule has 8 heteroatoms. The van der Waals surface area contributed by atoms with Crippen molar-refractivity contribution in [3.8, 4) is 10.8 Å². The summed E-state index contributed by atoms with van der Waals surface area (Å²) in [4.78, 5) is 26.4. The van der Waals surface area contributed by atoms with Crippen molar-refractivity contribution >= 4 is 23.2 Å². The molecule has 2 rings (SSSR count). The minimum Gasteiger partial charge on any atom is -0.480 e. The van der Waals surface area contributed by atoms with Gasteiger partial charge in [0, 0.05) is 5.38 Å². The van der Waals surface area contributed by atoms with Crippen molar-refractivity contribution in [3.63, 3.8) is 0 Å². The third-order valence-corrected chi connectivity index (χ3v) is 3.11. The van der Waals surface area contributed by atoms with Gasteiger partial charge in [-0.05, 0) is 12.1 Å². The van der Waals surface area contributed by atoms with Crippen LogP contribution in [0.2, 0.25) is 0 Å². The van der Waals surface area contributed by atoms with Gasteiger partial charge in [0.1, 0.15) is 5.69 Å². The van der Waals surface area contributed by atoms with Gasteiger partial charge in [0.05, 0.1) is 12.9 Å². The van der Waals surface area contributed by atoms with E-state index < -0.39 is 24.5 Å². The van der Waals surface area contributed by atoms with Crippen LogP contribution in [-0.4, -0.2) is 39.7 Å². The number of rotatable bonds is 5. The Kier molecular flexibility index (Phi) is 3.93. The van der Waals surface area contributed by atoms with Gasteiger partial charge in [-0.1, -0.05) is 0 Å². The summed E-state index contributed by atoms with van der Waals surface area (Å²) >= 11 is 1.20. The normalized spacial score (nSPS) is 12.1. The lowest BCUT2D eigenvalue weighted by molar-refractivity contribution is -0.140. The zero-order valence-electron chi connectivity index (χ0n) is 9.57. The van der Waals surface area contributed by atoms with Crippen molar-refractivity contribution in [2.75, 3.05) is 6.61 Å². The number of aliphatic carboxylic acids is 1. The highest BCUT2D eigenvalue weighted by atomic mass is 32.1. The first kappa shape index (κ1) is 13.2. The third kappa shape index (κ3) is 2.98. The fourth-order valence-electron chi connectivity index (χ4n) is 1.31. The molecule has 0 unspecified atom stereocenters. The Hall–Kier alpha value is -2.19. The molecule has 100 valence electrons. The second kappa shape index (κ2) is 5.63. The van der Waals surface area contributed by atoms with Crippen LogP contribution in [0.4, 0.5) is 0 Å². The maximum absolute atomic E-state index is 11.7. The number of aliphatic hydroxyl groups excluding tert-OH is 1. The molecule has 2 heterocycles. The van der Waals surface area contributed by atoms with Gasteiger partial charge in [-0.2, -0.15) is 0 Å². The molecule has 0 saturated heterocycles. The Balaban J connectivity index is 2.10. The molecule has 2 aromatic rings. The van der Waals surface area contributed by atoms with E-state index in [1.54, 1.807) is 12.1 Å². The van der Waals surface area contributed by atoms with Crippen molar-refractivity contribution < 1.29 is 24.2 Å². The van der Waals surface area contributed by atoms with E-state index in [0.717, 1.165) is 0 Å². The Morgan fingerprint density at radius 2 is 2.32 bits per heavy atom. The molecule has 0 saturated carbocycles. The zero-order chi connectivity index (χ0) is 13.8. The van der Waals surface area contributed by atoms with Crippen molar-refractivity contribution in [2.45, 2.75) is 6.04 Å². The lowest BCUT2D eigenvalue weighted by atomic mass is 10.3. The molecule has 1 atom stereocenters. The van der Waals surface area contributed by atoms with Crippen LogP contribution >= 0.6 is 11.3 Å². The number of carbonyl (C=O) groups is 2. The zero-order valence-corrected chi connectivity index (χ0v) is 10.4. The predicted molar refractivity (Wildman–Crippen MR) is 65.8 cm³/mol. The Labute approximate surface area is 111 Å². The van der Waals surface area contributed by atoms with Gasteiger partial charge < -0.3 is 19.9 Å². The van der Waals surface area contributed by atoms with Gasteiger partial charge in [0.15, 0.2) is 16.8 Å². The lowest BCUT2D eigenvalue weighted by Gasteiger charge is -2.09. The van der Waals surface area contributed by atoms with Gasteiger partial charge >= 0.3 is 5.97 Å². The minimum absolute atomic E-state index is 0.0797. The molecule has 7 nitrogen and oxygen atoms in total. The molecular formula is C11H10N2O5S. The summed E-state index contributed by atoms with van der Waals surface area (Å²) in [6.07, 6.45) is 1.49. The quantitative estimate of drug-likeness (QED) is 0.739. The number of thiazole rings is 1. The van der Waals surface area contributed by atoms with Gasteiger partial charge in [0.2, 0.25) is 0 Å². The van der Waals surface area contributed by atoms with E-state index in [1.165, 1.54) is 23.0 Å². The highest BCUT2D eigenvalue weighted by Crippen LogP contribution is 2.23. The number of carbonyl (C=O) groups excluding carboxylic acids is 1. The fraction of sp³-hybridized carbons (Fsp3) is 0.182. The van der Waals surface area contributed by atoms with Crippen LogP contribution in [0.15, 0.2) is 28.2 Å². The predicted octanol–water partition coefficient (Wildman–Crippen LogP) is 0.578. The molecule has 0 bridgehead atoms. The Bertz CT molecular complexity index is 578. The van der Waals surface area contributed by atoms with E-state index in [9.17, 15) is 9.59 Å². The first-order valence-corrected chi connectivity index (χ1v) is 6.13. The maximum atomic E-state index is 11.7. The first-order valence-electron chi connectivity index (χ1n) is 5.25. The monoisotopic (exact) mass is 282 g/mol. The number of aromatic nitrogens is 1. The standard InChI is InChI=1S/C11H10N2O5S/c14-4-6(11(16)17)12-9(15)7-5-19-10(13-7)8-2-1-3-18-8/h1-3,5-6,14H,4H2,(H,12,15)(H,16,17)/t6-/m0/s1. The summed E-state index contributed by atoms with van der Waals surface area (Å²) in [6, 6.07) is 2.05. The molecule has 19 heavy (non-hydrogen) atoms. The molecule has 0 spiro atoms. The van der Waals surface area contributed by atoms with Gasteiger partial charge in [-0.25, -0.2) is 9.78 Å². The lowest BCUT2D eigenvalue weighted by Crippen LogP contribution is -2.43. The second-order valence-corrected chi connectivity index (χ2v) is 4.42. The molecule has 0 aliphatic heterocycles. The first-order chi connectivity index (χ1) is 9.11. The average Bonchev–Trinajstić information content (AvgIpc) is 3.04. The summed E-state index contributed by atoms with van der Waals surface area (Å²) < 4.78 is 5.14. The third-order valence-electron chi connectivity index (χ3n) is 2.25. The number of furan rings is 1. The van der Waals surface area contributed by atoms with Crippen LogP contribution in [0.3, 0.4) is 0 Å². The number of aliphatic hydroxyl groups is 1. The molecular weight excluding hydrogens is 272 g/mol.